The van der Waals surface area contributed by atoms with E-state index in [1.807, 2.05) is 12.1 Å². The monoisotopic (exact) mass is 180 g/mol. The lowest BCUT2D eigenvalue weighted by atomic mass is 9.84. The molecule has 1 N–H and O–H groups in total. The highest BCUT2D eigenvalue weighted by Gasteiger charge is 2.24. The Morgan fingerprint density at radius 2 is 2.08 bits per heavy atom. The molecule has 0 bridgehead atoms. The number of furan rings is 1. The molecule has 13 heavy (non-hydrogen) atoms. The van der Waals surface area contributed by atoms with Gasteiger partial charge in [0.1, 0.15) is 11.9 Å². The van der Waals surface area contributed by atoms with Gasteiger partial charge in [0.25, 0.3) is 0 Å². The van der Waals surface area contributed by atoms with E-state index in [-0.39, 0.29) is 6.10 Å². The summed E-state index contributed by atoms with van der Waals surface area (Å²) in [6.07, 6.45) is 7.35. The Labute approximate surface area is 78.6 Å². The highest BCUT2D eigenvalue weighted by molar-refractivity contribution is 5.03. The summed E-state index contributed by atoms with van der Waals surface area (Å²) in [5.41, 5.74) is 0. The van der Waals surface area contributed by atoms with E-state index in [1.165, 1.54) is 19.3 Å². The Bertz CT molecular complexity index is 235. The van der Waals surface area contributed by atoms with Crippen molar-refractivity contribution < 1.29 is 9.52 Å². The minimum absolute atomic E-state index is 0.379. The Morgan fingerprint density at radius 1 is 1.31 bits per heavy atom. The fourth-order valence-electron chi connectivity index (χ4n) is 2.14. The molecule has 1 aliphatic carbocycles. The van der Waals surface area contributed by atoms with Crippen molar-refractivity contribution in [2.24, 2.45) is 5.92 Å². The summed E-state index contributed by atoms with van der Waals surface area (Å²) >= 11 is 0. The highest BCUT2D eigenvalue weighted by atomic mass is 16.4. The van der Waals surface area contributed by atoms with Crippen LogP contribution in [0.25, 0.3) is 0 Å². The molecule has 1 fully saturated rings. The van der Waals surface area contributed by atoms with Gasteiger partial charge in [-0.3, -0.25) is 0 Å². The molecule has 0 aromatic carbocycles. The number of hydrogen-bond acceptors (Lipinski definition) is 2. The van der Waals surface area contributed by atoms with Gasteiger partial charge in [-0.25, -0.2) is 0 Å². The quantitative estimate of drug-likeness (QED) is 0.759. The summed E-state index contributed by atoms with van der Waals surface area (Å²) in [6, 6.07) is 3.70. The molecule has 1 aromatic heterocycles. The average molecular weight is 180 g/mol. The lowest BCUT2D eigenvalue weighted by Gasteiger charge is -2.25. The van der Waals surface area contributed by atoms with Gasteiger partial charge in [-0.05, 0) is 30.9 Å². The van der Waals surface area contributed by atoms with Crippen LogP contribution in [0.2, 0.25) is 0 Å². The zero-order valence-corrected chi connectivity index (χ0v) is 7.78. The maximum atomic E-state index is 9.94. The van der Waals surface area contributed by atoms with Crippen LogP contribution in [-0.4, -0.2) is 5.11 Å². The Balaban J connectivity index is 1.99. The van der Waals surface area contributed by atoms with Crippen molar-refractivity contribution in [3.63, 3.8) is 0 Å². The van der Waals surface area contributed by atoms with Gasteiger partial charge in [0.2, 0.25) is 0 Å². The second-order valence-electron chi connectivity index (χ2n) is 3.86. The first-order valence-corrected chi connectivity index (χ1v) is 5.09. The molecule has 0 aliphatic heterocycles. The van der Waals surface area contributed by atoms with Crippen LogP contribution in [0.5, 0.6) is 0 Å². The van der Waals surface area contributed by atoms with Crippen LogP contribution < -0.4 is 0 Å². The summed E-state index contributed by atoms with van der Waals surface area (Å²) in [5.74, 6) is 1.15. The van der Waals surface area contributed by atoms with Crippen LogP contribution in [0, 0.1) is 5.92 Å². The van der Waals surface area contributed by atoms with Crippen molar-refractivity contribution in [1.29, 1.82) is 0 Å². The summed E-state index contributed by atoms with van der Waals surface area (Å²) in [5, 5.41) is 9.94. The number of rotatable bonds is 2. The number of aliphatic hydroxyl groups is 1. The molecular weight excluding hydrogens is 164 g/mol. The largest absolute Gasteiger partial charge is 0.467 e. The molecule has 1 aromatic rings. The van der Waals surface area contributed by atoms with Crippen LogP contribution >= 0.6 is 0 Å². The maximum absolute atomic E-state index is 9.94. The zero-order valence-electron chi connectivity index (χ0n) is 7.78. The summed E-state index contributed by atoms with van der Waals surface area (Å²) in [4.78, 5) is 0. The standard InChI is InChI=1S/C11H16O2/c12-11(10-7-4-8-13-10)9-5-2-1-3-6-9/h4,7-9,11-12H,1-3,5-6H2. The van der Waals surface area contributed by atoms with Crippen LogP contribution in [0.4, 0.5) is 0 Å². The van der Waals surface area contributed by atoms with Crippen molar-refractivity contribution in [2.75, 3.05) is 0 Å². The molecule has 1 aliphatic rings. The number of hydrogen-bond donors (Lipinski definition) is 1. The van der Waals surface area contributed by atoms with E-state index in [1.54, 1.807) is 6.26 Å². The van der Waals surface area contributed by atoms with E-state index in [0.29, 0.717) is 5.92 Å². The van der Waals surface area contributed by atoms with Gasteiger partial charge in [0, 0.05) is 0 Å². The predicted molar refractivity (Wildman–Crippen MR) is 50.2 cm³/mol. The first kappa shape index (κ1) is 8.82. The summed E-state index contributed by atoms with van der Waals surface area (Å²) in [7, 11) is 0. The lowest BCUT2D eigenvalue weighted by molar-refractivity contribution is 0.0654. The van der Waals surface area contributed by atoms with Crippen molar-refractivity contribution in [3.8, 4) is 0 Å². The van der Waals surface area contributed by atoms with Crippen LogP contribution in [0.1, 0.15) is 44.0 Å². The van der Waals surface area contributed by atoms with Crippen molar-refractivity contribution in [1.82, 2.24) is 0 Å². The molecule has 1 heterocycles. The van der Waals surface area contributed by atoms with Crippen molar-refractivity contribution in [3.05, 3.63) is 24.2 Å². The van der Waals surface area contributed by atoms with Gasteiger partial charge in [-0.15, -0.1) is 0 Å². The third kappa shape index (κ3) is 1.94. The van der Waals surface area contributed by atoms with Crippen molar-refractivity contribution in [2.45, 2.75) is 38.2 Å². The summed E-state index contributed by atoms with van der Waals surface area (Å²) < 4.78 is 5.20. The second kappa shape index (κ2) is 3.97. The predicted octanol–water partition coefficient (Wildman–Crippen LogP) is 2.89. The van der Waals surface area contributed by atoms with E-state index < -0.39 is 0 Å². The smallest absolute Gasteiger partial charge is 0.132 e. The molecule has 0 radical (unpaired) electrons. The Morgan fingerprint density at radius 3 is 2.69 bits per heavy atom. The number of aliphatic hydroxyl groups excluding tert-OH is 1. The average Bonchev–Trinajstić information content (AvgIpc) is 2.71. The Kier molecular flexibility index (Phi) is 2.69. The molecule has 1 unspecified atom stereocenters. The van der Waals surface area contributed by atoms with Gasteiger partial charge in [-0.2, -0.15) is 0 Å². The van der Waals surface area contributed by atoms with E-state index in [0.717, 1.165) is 18.6 Å². The third-order valence-corrected chi connectivity index (χ3v) is 2.93. The molecule has 0 saturated heterocycles. The van der Waals surface area contributed by atoms with Gasteiger partial charge in [0.05, 0.1) is 6.26 Å². The van der Waals surface area contributed by atoms with E-state index in [4.69, 9.17) is 4.42 Å². The molecule has 2 nitrogen and oxygen atoms in total. The molecule has 2 heteroatoms. The molecule has 1 atom stereocenters. The van der Waals surface area contributed by atoms with Gasteiger partial charge >= 0.3 is 0 Å². The molecular formula is C11H16O2. The topological polar surface area (TPSA) is 33.4 Å². The van der Waals surface area contributed by atoms with E-state index >= 15 is 0 Å². The molecule has 0 amide bonds. The minimum atomic E-state index is -0.379. The first-order chi connectivity index (χ1) is 6.38. The van der Waals surface area contributed by atoms with Crippen LogP contribution in [0.3, 0.4) is 0 Å². The third-order valence-electron chi connectivity index (χ3n) is 2.93. The second-order valence-corrected chi connectivity index (χ2v) is 3.86. The minimum Gasteiger partial charge on any atom is -0.467 e. The van der Waals surface area contributed by atoms with E-state index in [2.05, 4.69) is 0 Å². The summed E-state index contributed by atoms with van der Waals surface area (Å²) in [6.45, 7) is 0. The molecule has 1 saturated carbocycles. The SMILES string of the molecule is OC(c1ccco1)C1CCCCC1. The molecule has 0 spiro atoms. The van der Waals surface area contributed by atoms with Gasteiger partial charge < -0.3 is 9.52 Å². The molecule has 72 valence electrons. The first-order valence-electron chi connectivity index (χ1n) is 5.09. The Hall–Kier alpha value is -0.760. The fraction of sp³-hybridized carbons (Fsp3) is 0.636. The van der Waals surface area contributed by atoms with Crippen LogP contribution in [0.15, 0.2) is 22.8 Å². The highest BCUT2D eigenvalue weighted by Crippen LogP contribution is 2.34. The van der Waals surface area contributed by atoms with Crippen LogP contribution in [-0.2, 0) is 0 Å². The maximum Gasteiger partial charge on any atom is 0.132 e. The zero-order chi connectivity index (χ0) is 9.10. The van der Waals surface area contributed by atoms with Gasteiger partial charge in [0.15, 0.2) is 0 Å². The normalized spacial score (nSPS) is 21.6. The molecule has 2 rings (SSSR count). The van der Waals surface area contributed by atoms with Gasteiger partial charge in [-0.1, -0.05) is 19.3 Å². The van der Waals surface area contributed by atoms with E-state index in [9.17, 15) is 5.11 Å². The van der Waals surface area contributed by atoms with Crippen molar-refractivity contribution >= 4 is 0 Å². The lowest BCUT2D eigenvalue weighted by Crippen LogP contribution is -2.15. The fourth-order valence-corrected chi connectivity index (χ4v) is 2.14.